The molecule has 5 nitrogen and oxygen atoms in total. The van der Waals surface area contributed by atoms with E-state index in [1.54, 1.807) is 18.0 Å². The van der Waals surface area contributed by atoms with Crippen molar-refractivity contribution < 1.29 is 4.79 Å². The number of hydrogen-bond acceptors (Lipinski definition) is 4. The van der Waals surface area contributed by atoms with Crippen LogP contribution in [0.5, 0.6) is 0 Å². The monoisotopic (exact) mass is 504 g/mol. The van der Waals surface area contributed by atoms with E-state index in [1.807, 2.05) is 42.6 Å². The zero-order valence-electron chi connectivity index (χ0n) is 20.5. The lowest BCUT2D eigenvalue weighted by atomic mass is 9.87. The van der Waals surface area contributed by atoms with Crippen molar-refractivity contribution in [2.45, 2.75) is 42.8 Å². The quantitative estimate of drug-likeness (QED) is 0.254. The molecule has 37 heavy (non-hydrogen) atoms. The highest BCUT2D eigenvalue weighted by atomic mass is 32.2. The second-order valence-electron chi connectivity index (χ2n) is 9.43. The van der Waals surface area contributed by atoms with E-state index in [2.05, 4.69) is 63.4 Å². The summed E-state index contributed by atoms with van der Waals surface area (Å²) in [6.07, 6.45) is 6.84. The Morgan fingerprint density at radius 3 is 2.62 bits per heavy atom. The molecule has 1 aliphatic carbocycles. The van der Waals surface area contributed by atoms with Crippen molar-refractivity contribution in [1.29, 1.82) is 0 Å². The number of fused-ring (bicyclic) bond motifs is 2. The van der Waals surface area contributed by atoms with Gasteiger partial charge in [0, 0.05) is 17.5 Å². The number of carbonyl (C=O) groups excluding carboxylic acids is 1. The van der Waals surface area contributed by atoms with Gasteiger partial charge in [-0.25, -0.2) is 4.98 Å². The van der Waals surface area contributed by atoms with Crippen LogP contribution in [0.4, 0.5) is 0 Å². The summed E-state index contributed by atoms with van der Waals surface area (Å²) in [7, 11) is 0. The standard InChI is InChI=1S/C31H28N4OS/c36-30(33-27-12-6-10-24-9-4-5-11-26(24)27)25-15-13-23(14-16-25)21-37-31-34-28-17-18-32-19-29(28)35(31)20-22-7-2-1-3-8-22/h1-5,7-9,11,13-19,27H,6,10,12,20-21H2,(H,33,36). The van der Waals surface area contributed by atoms with Gasteiger partial charge in [0.05, 0.1) is 29.8 Å². The first-order valence-corrected chi connectivity index (χ1v) is 13.7. The van der Waals surface area contributed by atoms with Crippen LogP contribution in [-0.4, -0.2) is 20.4 Å². The number of amides is 1. The van der Waals surface area contributed by atoms with Gasteiger partial charge in [-0.3, -0.25) is 9.78 Å². The maximum absolute atomic E-state index is 13.0. The number of rotatable bonds is 7. The Bertz CT molecular complexity index is 1530. The van der Waals surface area contributed by atoms with Crippen molar-refractivity contribution in [3.8, 4) is 0 Å². The summed E-state index contributed by atoms with van der Waals surface area (Å²) in [6.45, 7) is 0.745. The lowest BCUT2D eigenvalue weighted by Crippen LogP contribution is -2.30. The molecular formula is C31H28N4OS. The Hall–Kier alpha value is -3.90. The van der Waals surface area contributed by atoms with Crippen LogP contribution in [0.15, 0.2) is 102 Å². The summed E-state index contributed by atoms with van der Waals surface area (Å²) in [5, 5.41) is 4.21. The number of nitrogens with zero attached hydrogens (tertiary/aromatic N) is 3. The van der Waals surface area contributed by atoms with Gasteiger partial charge >= 0.3 is 0 Å². The third-order valence-corrected chi connectivity index (χ3v) is 8.01. The molecule has 2 heterocycles. The molecule has 1 N–H and O–H groups in total. The first-order valence-electron chi connectivity index (χ1n) is 12.7. The van der Waals surface area contributed by atoms with Crippen LogP contribution >= 0.6 is 11.8 Å². The van der Waals surface area contributed by atoms with Crippen molar-refractivity contribution in [3.05, 3.63) is 125 Å². The van der Waals surface area contributed by atoms with E-state index < -0.39 is 0 Å². The van der Waals surface area contributed by atoms with Gasteiger partial charge in [0.15, 0.2) is 5.16 Å². The average Bonchev–Trinajstić information content (AvgIpc) is 3.30. The van der Waals surface area contributed by atoms with Crippen LogP contribution in [0.25, 0.3) is 11.0 Å². The molecule has 184 valence electrons. The second kappa shape index (κ2) is 10.6. The minimum Gasteiger partial charge on any atom is -0.345 e. The highest BCUT2D eigenvalue weighted by Crippen LogP contribution is 2.30. The number of benzene rings is 3. The summed E-state index contributed by atoms with van der Waals surface area (Å²) in [5.74, 6) is 0.752. The number of aryl methyl sites for hydroxylation is 1. The molecule has 2 aromatic heterocycles. The zero-order chi connectivity index (χ0) is 25.0. The number of thioether (sulfide) groups is 1. The lowest BCUT2D eigenvalue weighted by molar-refractivity contribution is 0.0932. The molecular weight excluding hydrogens is 476 g/mol. The Morgan fingerprint density at radius 2 is 1.76 bits per heavy atom. The smallest absolute Gasteiger partial charge is 0.251 e. The molecule has 3 aromatic carbocycles. The Kier molecular flexibility index (Phi) is 6.74. The molecule has 1 unspecified atom stereocenters. The minimum atomic E-state index is -0.0157. The van der Waals surface area contributed by atoms with Crippen LogP contribution in [0, 0.1) is 0 Å². The predicted octanol–water partition coefficient (Wildman–Crippen LogP) is 6.58. The molecule has 1 atom stereocenters. The van der Waals surface area contributed by atoms with E-state index in [0.29, 0.717) is 5.56 Å². The van der Waals surface area contributed by atoms with Crippen LogP contribution in [0.2, 0.25) is 0 Å². The van der Waals surface area contributed by atoms with Gasteiger partial charge < -0.3 is 9.88 Å². The SMILES string of the molecule is O=C(NC1CCCc2ccccc21)c1ccc(CSc2nc3ccncc3n2Cc2ccccc2)cc1. The van der Waals surface area contributed by atoms with Gasteiger partial charge in [0.2, 0.25) is 0 Å². The number of hydrogen-bond donors (Lipinski definition) is 1. The Labute approximate surface area is 221 Å². The first-order chi connectivity index (χ1) is 18.2. The Morgan fingerprint density at radius 1 is 0.946 bits per heavy atom. The summed E-state index contributed by atoms with van der Waals surface area (Å²) in [6, 6.07) is 28.8. The van der Waals surface area contributed by atoms with Gasteiger partial charge in [-0.15, -0.1) is 0 Å². The largest absolute Gasteiger partial charge is 0.345 e. The van der Waals surface area contributed by atoms with E-state index in [0.717, 1.165) is 53.3 Å². The number of aromatic nitrogens is 3. The highest BCUT2D eigenvalue weighted by Gasteiger charge is 2.22. The van der Waals surface area contributed by atoms with E-state index in [-0.39, 0.29) is 11.9 Å². The maximum Gasteiger partial charge on any atom is 0.251 e. The summed E-state index contributed by atoms with van der Waals surface area (Å²) in [5.41, 5.74) is 7.66. The molecule has 5 aromatic rings. The fourth-order valence-electron chi connectivity index (χ4n) is 5.02. The molecule has 0 fully saturated rings. The maximum atomic E-state index is 13.0. The van der Waals surface area contributed by atoms with Gasteiger partial charge in [0.25, 0.3) is 5.91 Å². The number of nitrogens with one attached hydrogen (secondary N) is 1. The fraction of sp³-hybridized carbons (Fsp3) is 0.194. The van der Waals surface area contributed by atoms with E-state index in [4.69, 9.17) is 4.98 Å². The van der Waals surface area contributed by atoms with E-state index >= 15 is 0 Å². The minimum absolute atomic E-state index is 0.0157. The zero-order valence-corrected chi connectivity index (χ0v) is 21.3. The Balaban J connectivity index is 1.14. The molecule has 0 saturated heterocycles. The molecule has 1 amide bonds. The van der Waals surface area contributed by atoms with Crippen molar-refractivity contribution in [2.75, 3.05) is 0 Å². The van der Waals surface area contributed by atoms with Crippen LogP contribution in [-0.2, 0) is 18.7 Å². The normalized spacial score (nSPS) is 14.9. The third-order valence-electron chi connectivity index (χ3n) is 6.96. The van der Waals surface area contributed by atoms with Gasteiger partial charge in [-0.2, -0.15) is 0 Å². The molecule has 0 bridgehead atoms. The molecule has 0 spiro atoms. The highest BCUT2D eigenvalue weighted by molar-refractivity contribution is 7.98. The van der Waals surface area contributed by atoms with Crippen molar-refractivity contribution in [3.63, 3.8) is 0 Å². The number of imidazole rings is 1. The van der Waals surface area contributed by atoms with Gasteiger partial charge in [-0.05, 0) is 59.7 Å². The molecule has 0 aliphatic heterocycles. The molecule has 0 radical (unpaired) electrons. The average molecular weight is 505 g/mol. The lowest BCUT2D eigenvalue weighted by Gasteiger charge is -2.26. The fourth-order valence-corrected chi connectivity index (χ4v) is 5.99. The van der Waals surface area contributed by atoms with Gasteiger partial charge in [0.1, 0.15) is 0 Å². The molecule has 6 rings (SSSR count). The van der Waals surface area contributed by atoms with Crippen molar-refractivity contribution in [1.82, 2.24) is 19.9 Å². The number of carbonyl (C=O) groups is 1. The predicted molar refractivity (Wildman–Crippen MR) is 149 cm³/mol. The van der Waals surface area contributed by atoms with Crippen molar-refractivity contribution >= 4 is 28.7 Å². The number of pyridine rings is 1. The van der Waals surface area contributed by atoms with Gasteiger partial charge in [-0.1, -0.05) is 78.5 Å². The van der Waals surface area contributed by atoms with E-state index in [9.17, 15) is 4.79 Å². The summed E-state index contributed by atoms with van der Waals surface area (Å²) >= 11 is 1.70. The first kappa shape index (κ1) is 23.5. The summed E-state index contributed by atoms with van der Waals surface area (Å²) < 4.78 is 2.23. The van der Waals surface area contributed by atoms with Crippen LogP contribution in [0.1, 0.15) is 51.5 Å². The van der Waals surface area contributed by atoms with Crippen LogP contribution < -0.4 is 5.32 Å². The van der Waals surface area contributed by atoms with Crippen LogP contribution in [0.3, 0.4) is 0 Å². The van der Waals surface area contributed by atoms with Crippen molar-refractivity contribution in [2.24, 2.45) is 0 Å². The third kappa shape index (κ3) is 5.16. The van der Waals surface area contributed by atoms with E-state index in [1.165, 1.54) is 16.7 Å². The molecule has 0 saturated carbocycles. The molecule has 6 heteroatoms. The topological polar surface area (TPSA) is 59.8 Å². The summed E-state index contributed by atoms with van der Waals surface area (Å²) in [4.78, 5) is 22.2. The molecule has 1 aliphatic rings. The second-order valence-corrected chi connectivity index (χ2v) is 10.4.